The van der Waals surface area contributed by atoms with Crippen LogP contribution in [0.3, 0.4) is 0 Å². The van der Waals surface area contributed by atoms with Gasteiger partial charge in [0.15, 0.2) is 0 Å². The smallest absolute Gasteiger partial charge is 0.128 e. The lowest BCUT2D eigenvalue weighted by atomic mass is 10.0. The van der Waals surface area contributed by atoms with Crippen molar-refractivity contribution in [1.82, 2.24) is 10.3 Å². The molecule has 0 saturated carbocycles. The second-order valence-corrected chi connectivity index (χ2v) is 4.93. The fourth-order valence-corrected chi connectivity index (χ4v) is 2.65. The van der Waals surface area contributed by atoms with Crippen molar-refractivity contribution < 1.29 is 0 Å². The number of hydrogen-bond acceptors (Lipinski definition) is 3. The van der Waals surface area contributed by atoms with Gasteiger partial charge in [-0.1, -0.05) is 36.4 Å². The molecule has 0 amide bonds. The second-order valence-electron chi connectivity index (χ2n) is 4.93. The van der Waals surface area contributed by atoms with Crippen molar-refractivity contribution in [3.8, 4) is 0 Å². The highest BCUT2D eigenvalue weighted by atomic mass is 15.3. The van der Waals surface area contributed by atoms with Gasteiger partial charge in [-0.2, -0.15) is 0 Å². The van der Waals surface area contributed by atoms with Crippen LogP contribution in [0.1, 0.15) is 5.56 Å². The molecule has 1 fully saturated rings. The summed E-state index contributed by atoms with van der Waals surface area (Å²) in [6.45, 7) is 3.07. The Bertz CT molecular complexity index is 498. The number of rotatable bonds is 3. The first-order valence-corrected chi connectivity index (χ1v) is 6.86. The molecule has 1 N–H and O–H groups in total. The van der Waals surface area contributed by atoms with Crippen molar-refractivity contribution in [1.29, 1.82) is 0 Å². The minimum Gasteiger partial charge on any atom is -0.351 e. The molecule has 1 atom stereocenters. The monoisotopic (exact) mass is 253 g/mol. The Morgan fingerprint density at radius 3 is 2.74 bits per heavy atom. The molecular formula is C16H19N3. The van der Waals surface area contributed by atoms with Crippen molar-refractivity contribution in [3.05, 3.63) is 60.3 Å². The van der Waals surface area contributed by atoms with E-state index in [-0.39, 0.29) is 0 Å². The number of aromatic nitrogens is 1. The summed E-state index contributed by atoms with van der Waals surface area (Å²) in [5.41, 5.74) is 1.39. The first kappa shape index (κ1) is 12.2. The average Bonchev–Trinajstić information content (AvgIpc) is 2.50. The Balaban J connectivity index is 1.78. The van der Waals surface area contributed by atoms with Crippen LogP contribution in [-0.2, 0) is 6.42 Å². The highest BCUT2D eigenvalue weighted by Crippen LogP contribution is 2.17. The maximum atomic E-state index is 4.49. The van der Waals surface area contributed by atoms with E-state index in [0.29, 0.717) is 6.04 Å². The van der Waals surface area contributed by atoms with Gasteiger partial charge in [-0.3, -0.25) is 0 Å². The van der Waals surface area contributed by atoms with E-state index < -0.39 is 0 Å². The molecule has 1 aliphatic heterocycles. The van der Waals surface area contributed by atoms with Crippen LogP contribution in [0.15, 0.2) is 54.7 Å². The van der Waals surface area contributed by atoms with E-state index in [2.05, 4.69) is 57.7 Å². The van der Waals surface area contributed by atoms with Gasteiger partial charge >= 0.3 is 0 Å². The van der Waals surface area contributed by atoms with Crippen molar-refractivity contribution in [2.75, 3.05) is 24.5 Å². The molecule has 1 saturated heterocycles. The fourth-order valence-electron chi connectivity index (χ4n) is 2.65. The van der Waals surface area contributed by atoms with Crippen LogP contribution >= 0.6 is 0 Å². The third kappa shape index (κ3) is 2.93. The number of benzene rings is 1. The van der Waals surface area contributed by atoms with Crippen molar-refractivity contribution in [2.45, 2.75) is 12.5 Å². The molecule has 0 radical (unpaired) electrons. The molecular weight excluding hydrogens is 234 g/mol. The van der Waals surface area contributed by atoms with Gasteiger partial charge in [0.25, 0.3) is 0 Å². The molecule has 98 valence electrons. The van der Waals surface area contributed by atoms with E-state index in [4.69, 9.17) is 0 Å². The predicted octanol–water partition coefficient (Wildman–Crippen LogP) is 2.10. The van der Waals surface area contributed by atoms with E-state index in [0.717, 1.165) is 31.9 Å². The molecule has 19 heavy (non-hydrogen) atoms. The quantitative estimate of drug-likeness (QED) is 0.908. The molecule has 0 aliphatic carbocycles. The van der Waals surface area contributed by atoms with Crippen molar-refractivity contribution in [3.63, 3.8) is 0 Å². The molecule has 1 unspecified atom stereocenters. The molecule has 1 aromatic heterocycles. The number of hydrogen-bond donors (Lipinski definition) is 1. The summed E-state index contributed by atoms with van der Waals surface area (Å²) in [7, 11) is 0. The highest BCUT2D eigenvalue weighted by Gasteiger charge is 2.23. The molecule has 3 heteroatoms. The van der Waals surface area contributed by atoms with E-state index in [1.807, 2.05) is 12.3 Å². The van der Waals surface area contributed by atoms with Crippen LogP contribution in [0.2, 0.25) is 0 Å². The summed E-state index contributed by atoms with van der Waals surface area (Å²) in [6.07, 6.45) is 2.93. The molecule has 1 aromatic carbocycles. The number of pyridine rings is 1. The molecule has 3 rings (SSSR count). The normalized spacial score (nSPS) is 19.4. The Kier molecular flexibility index (Phi) is 3.75. The van der Waals surface area contributed by atoms with Gasteiger partial charge in [0, 0.05) is 31.9 Å². The molecule has 0 bridgehead atoms. The first-order chi connectivity index (χ1) is 9.43. The van der Waals surface area contributed by atoms with E-state index >= 15 is 0 Å². The average molecular weight is 253 g/mol. The third-order valence-corrected chi connectivity index (χ3v) is 3.61. The van der Waals surface area contributed by atoms with Gasteiger partial charge in [0.05, 0.1) is 0 Å². The van der Waals surface area contributed by atoms with Crippen LogP contribution in [0.25, 0.3) is 0 Å². The number of piperazine rings is 1. The fraction of sp³-hybridized carbons (Fsp3) is 0.312. The van der Waals surface area contributed by atoms with Gasteiger partial charge < -0.3 is 10.2 Å². The van der Waals surface area contributed by atoms with Gasteiger partial charge in [0.2, 0.25) is 0 Å². The van der Waals surface area contributed by atoms with E-state index in [9.17, 15) is 0 Å². The zero-order valence-corrected chi connectivity index (χ0v) is 11.0. The molecule has 2 aromatic rings. The molecule has 2 heterocycles. The maximum absolute atomic E-state index is 4.49. The van der Waals surface area contributed by atoms with E-state index in [1.165, 1.54) is 5.56 Å². The third-order valence-electron chi connectivity index (χ3n) is 3.61. The van der Waals surface area contributed by atoms with E-state index in [1.54, 1.807) is 0 Å². The van der Waals surface area contributed by atoms with Gasteiger partial charge in [-0.25, -0.2) is 4.98 Å². The Morgan fingerprint density at radius 1 is 1.11 bits per heavy atom. The van der Waals surface area contributed by atoms with Crippen LogP contribution in [0.4, 0.5) is 5.82 Å². The summed E-state index contributed by atoms with van der Waals surface area (Å²) in [6, 6.07) is 17.3. The van der Waals surface area contributed by atoms with Gasteiger partial charge in [0.1, 0.15) is 5.82 Å². The van der Waals surface area contributed by atoms with Crippen LogP contribution in [0.5, 0.6) is 0 Å². The minimum absolute atomic E-state index is 0.478. The summed E-state index contributed by atoms with van der Waals surface area (Å²) in [5, 5.41) is 3.49. The van der Waals surface area contributed by atoms with Crippen LogP contribution < -0.4 is 10.2 Å². The maximum Gasteiger partial charge on any atom is 0.128 e. The van der Waals surface area contributed by atoms with Crippen LogP contribution in [0, 0.1) is 0 Å². The topological polar surface area (TPSA) is 28.2 Å². The van der Waals surface area contributed by atoms with Gasteiger partial charge in [-0.05, 0) is 24.1 Å². The zero-order valence-electron chi connectivity index (χ0n) is 11.0. The lowest BCUT2D eigenvalue weighted by Crippen LogP contribution is -2.52. The number of nitrogens with one attached hydrogen (secondary N) is 1. The summed E-state index contributed by atoms with van der Waals surface area (Å²) in [4.78, 5) is 6.91. The summed E-state index contributed by atoms with van der Waals surface area (Å²) in [5.74, 6) is 1.09. The minimum atomic E-state index is 0.478. The Morgan fingerprint density at radius 2 is 1.95 bits per heavy atom. The molecule has 3 nitrogen and oxygen atoms in total. The van der Waals surface area contributed by atoms with Gasteiger partial charge in [-0.15, -0.1) is 0 Å². The Labute approximate surface area is 114 Å². The number of nitrogens with zero attached hydrogens (tertiary/aromatic N) is 2. The zero-order chi connectivity index (χ0) is 12.9. The second kappa shape index (κ2) is 5.85. The summed E-state index contributed by atoms with van der Waals surface area (Å²) >= 11 is 0. The van der Waals surface area contributed by atoms with Crippen molar-refractivity contribution in [2.24, 2.45) is 0 Å². The highest BCUT2D eigenvalue weighted by molar-refractivity contribution is 5.40. The lowest BCUT2D eigenvalue weighted by molar-refractivity contribution is 0.470. The van der Waals surface area contributed by atoms with Crippen LogP contribution in [-0.4, -0.2) is 30.7 Å². The van der Waals surface area contributed by atoms with Crippen molar-refractivity contribution >= 4 is 5.82 Å². The predicted molar refractivity (Wildman–Crippen MR) is 78.4 cm³/mol. The SMILES string of the molecule is c1ccc(CC2CNCCN2c2ccccn2)cc1. The standard InChI is InChI=1S/C16H19N3/c1-2-6-14(7-3-1)12-15-13-17-10-11-19(15)16-8-4-5-9-18-16/h1-9,15,17H,10-13H2. The Hall–Kier alpha value is -1.87. The molecule has 1 aliphatic rings. The first-order valence-electron chi connectivity index (χ1n) is 6.86. The lowest BCUT2D eigenvalue weighted by Gasteiger charge is -2.37. The molecule has 0 spiro atoms. The number of anilines is 1. The largest absolute Gasteiger partial charge is 0.351 e. The summed E-state index contributed by atoms with van der Waals surface area (Å²) < 4.78 is 0.